The highest BCUT2D eigenvalue weighted by atomic mass is 15.1. The summed E-state index contributed by atoms with van der Waals surface area (Å²) in [6.07, 6.45) is 16.3. The predicted octanol–water partition coefficient (Wildman–Crippen LogP) is 37.3. The zero-order valence-electron chi connectivity index (χ0n) is 78.7. The van der Waals surface area contributed by atoms with Crippen LogP contribution in [0, 0.1) is 55.4 Å². The summed E-state index contributed by atoms with van der Waals surface area (Å²) in [5, 5.41) is 0. The third-order valence-electron chi connectivity index (χ3n) is 25.6. The van der Waals surface area contributed by atoms with Crippen molar-refractivity contribution in [2.45, 2.75) is 173 Å². The van der Waals surface area contributed by atoms with Gasteiger partial charge in [0.05, 0.1) is 0 Å². The molecule has 0 bridgehead atoms. The van der Waals surface area contributed by atoms with Crippen LogP contribution in [0.2, 0.25) is 0 Å². The van der Waals surface area contributed by atoms with Gasteiger partial charge in [0.2, 0.25) is 0 Å². The topological polar surface area (TPSA) is 6.48 Å². The van der Waals surface area contributed by atoms with Gasteiger partial charge in [0.1, 0.15) is 0 Å². The molecule has 0 unspecified atom stereocenters. The van der Waals surface area contributed by atoms with Crippen molar-refractivity contribution in [2.24, 2.45) is 0 Å². The maximum atomic E-state index is 2.61. The second kappa shape index (κ2) is 44.4. The molecule has 0 amide bonds. The number of anilines is 6. The van der Waals surface area contributed by atoms with Crippen LogP contribution in [0.4, 0.5) is 34.1 Å². The van der Waals surface area contributed by atoms with E-state index in [4.69, 9.17) is 0 Å². The second-order valence-corrected chi connectivity index (χ2v) is 35.9. The van der Waals surface area contributed by atoms with Crippen molar-refractivity contribution in [3.63, 3.8) is 0 Å². The molecule has 0 radical (unpaired) electrons. The highest BCUT2D eigenvalue weighted by Gasteiger charge is 2.23. The maximum absolute atomic E-state index is 2.61. The minimum Gasteiger partial charge on any atom is -0.310 e. The summed E-state index contributed by atoms with van der Waals surface area (Å²) in [7, 11) is 0. The molecule has 17 rings (SSSR count). The van der Waals surface area contributed by atoms with Crippen molar-refractivity contribution in [1.82, 2.24) is 0 Å². The van der Waals surface area contributed by atoms with Gasteiger partial charge in [0.15, 0.2) is 0 Å². The fraction of sp³-hybridized carbons (Fsp3) is 0.203. The Kier molecular flexibility index (Phi) is 31.1. The molecular weight excluding hydrogens is 1570 g/mol. The van der Waals surface area contributed by atoms with Crippen molar-refractivity contribution in [3.8, 4) is 111 Å². The van der Waals surface area contributed by atoms with Crippen LogP contribution in [0.25, 0.3) is 111 Å². The lowest BCUT2D eigenvalue weighted by molar-refractivity contribution is 0.664. The first-order valence-corrected chi connectivity index (χ1v) is 47.7. The van der Waals surface area contributed by atoms with E-state index in [9.17, 15) is 0 Å². The van der Waals surface area contributed by atoms with Crippen molar-refractivity contribution < 1.29 is 0 Å². The van der Waals surface area contributed by atoms with Crippen molar-refractivity contribution in [1.29, 1.82) is 0 Å². The average Bonchev–Trinajstić information content (AvgIpc) is 0.758. The molecule has 0 fully saturated rings. The summed E-state index contributed by atoms with van der Waals surface area (Å²) < 4.78 is 0. The molecule has 0 aliphatic carbocycles. The van der Waals surface area contributed by atoms with Crippen LogP contribution in [0.3, 0.4) is 0 Å². The minimum absolute atomic E-state index is 1.04. The molecule has 2 nitrogen and oxygen atoms in total. The largest absolute Gasteiger partial charge is 0.310 e. The molecule has 0 aliphatic heterocycles. The van der Waals surface area contributed by atoms with E-state index in [1.807, 2.05) is 6.07 Å². The number of hydrogen-bond acceptors (Lipinski definition) is 2. The first-order chi connectivity index (χ1) is 63.5. The third kappa shape index (κ3) is 23.4. The zero-order chi connectivity index (χ0) is 90.2. The molecule has 0 saturated carbocycles. The van der Waals surface area contributed by atoms with E-state index in [1.54, 1.807) is 0 Å². The Morgan fingerprint density at radius 2 is 0.385 bits per heavy atom. The summed E-state index contributed by atoms with van der Waals surface area (Å²) in [6.45, 7) is 26.6. The first kappa shape index (κ1) is 91.1. The Balaban J connectivity index is 0.000000262. The van der Waals surface area contributed by atoms with E-state index in [1.165, 1.54) is 217 Å². The number of unbranched alkanes of at least 4 members (excludes halogenated alkanes) is 6. The van der Waals surface area contributed by atoms with Gasteiger partial charge in [0.25, 0.3) is 0 Å². The summed E-state index contributed by atoms with van der Waals surface area (Å²) in [5.74, 6) is 0. The fourth-order valence-electron chi connectivity index (χ4n) is 17.9. The van der Waals surface area contributed by atoms with Gasteiger partial charge in [-0.3, -0.25) is 0 Å². The van der Waals surface area contributed by atoms with Gasteiger partial charge in [-0.05, 0) is 330 Å². The molecule has 650 valence electrons. The lowest BCUT2D eigenvalue weighted by atomic mass is 9.84. The summed E-state index contributed by atoms with van der Waals surface area (Å²) in [5.41, 5.74) is 48.0. The molecule has 0 saturated heterocycles. The normalized spacial score (nSPS) is 11.0. The Hall–Kier alpha value is -13.7. The molecule has 17 aromatic carbocycles. The average molecular weight is 1690 g/mol. The Morgan fingerprint density at radius 1 is 0.162 bits per heavy atom. The number of benzene rings is 17. The lowest BCUT2D eigenvalue weighted by Gasteiger charge is -2.28. The van der Waals surface area contributed by atoms with E-state index < -0.39 is 0 Å². The van der Waals surface area contributed by atoms with Crippen LogP contribution >= 0.6 is 0 Å². The smallest absolute Gasteiger partial charge is 0.0464 e. The predicted molar refractivity (Wildman–Crippen MR) is 565 cm³/mol. The number of hydrogen-bond donors (Lipinski definition) is 0. The lowest BCUT2D eigenvalue weighted by Crippen LogP contribution is -2.10. The van der Waals surface area contributed by atoms with Crippen LogP contribution < -0.4 is 9.80 Å². The number of aryl methyl sites for hydroxylation is 12. The summed E-state index contributed by atoms with van der Waals surface area (Å²) >= 11 is 0. The van der Waals surface area contributed by atoms with Crippen LogP contribution in [0.1, 0.15) is 159 Å². The van der Waals surface area contributed by atoms with Crippen LogP contribution in [-0.2, 0) is 25.7 Å². The molecule has 0 N–H and O–H groups in total. The molecule has 0 heterocycles. The number of rotatable bonds is 30. The third-order valence-corrected chi connectivity index (χ3v) is 25.6. The molecular formula is C128H128N2. The van der Waals surface area contributed by atoms with Gasteiger partial charge in [-0.25, -0.2) is 0 Å². The quantitative estimate of drug-likeness (QED) is 0.0414. The molecule has 0 aromatic heterocycles. The molecule has 0 spiro atoms. The van der Waals surface area contributed by atoms with Crippen molar-refractivity contribution in [2.75, 3.05) is 9.80 Å². The number of nitrogens with zero attached hydrogens (tertiary/aromatic N) is 2. The van der Waals surface area contributed by atoms with Gasteiger partial charge in [-0.2, -0.15) is 0 Å². The highest BCUT2D eigenvalue weighted by molar-refractivity contribution is 5.88. The summed E-state index contributed by atoms with van der Waals surface area (Å²) in [6, 6.07) is 145. The van der Waals surface area contributed by atoms with Crippen molar-refractivity contribution >= 4 is 34.1 Å². The minimum atomic E-state index is 1.04. The fourth-order valence-corrected chi connectivity index (χ4v) is 17.9. The van der Waals surface area contributed by atoms with Crippen LogP contribution in [0.5, 0.6) is 0 Å². The standard InChI is InChI=1S/C88H92N2.C27H24.C13H12/c1-9-13-15-17-21-77-61-88(86-58-56-84(60-66(86)8)90(80-49-41-74(42-50-80)70-33-25-64(6)26-34-70)82-53-45-76(46-54-82)72-37-29-68(20-12-4)30-38-72)78(22-18-16-14-10-2)62-87(77)85-57-55-83(59-65(85)7)89(79-47-39-73(40-48-79)69-31-23-63(5)24-32-69)81-51-43-75(44-52-81)71-35-27-67(19-11-3)28-36-71;1-19-4-10-22(11-5-19)25-16-26(23-12-6-20(2)7-13-23)18-27(17-25)24-14-8-21(3)9-15-24;1-11-7-9-13(10-8-11)12-5-3-2-4-6-12/h23-62H,9-22H2,1-8H3;4-18H,1-3H3;2-10H,1H3. The monoisotopic (exact) mass is 1690 g/mol. The Morgan fingerprint density at radius 3 is 0.623 bits per heavy atom. The van der Waals surface area contributed by atoms with Gasteiger partial charge in [-0.1, -0.05) is 410 Å². The molecule has 130 heavy (non-hydrogen) atoms. The molecule has 0 aliphatic rings. The first-order valence-electron chi connectivity index (χ1n) is 47.7. The van der Waals surface area contributed by atoms with E-state index in [0.29, 0.717) is 0 Å². The van der Waals surface area contributed by atoms with Crippen LogP contribution in [0.15, 0.2) is 388 Å². The Labute approximate surface area is 777 Å². The second-order valence-electron chi connectivity index (χ2n) is 35.9. The van der Waals surface area contributed by atoms with Crippen molar-refractivity contribution in [3.05, 3.63) is 455 Å². The SMILES string of the molecule is CCCCCCc1cc(-c2ccc(N(c3ccc(-c4ccc(C)cc4)cc3)c3ccc(-c4ccc(CCC)cc4)cc3)cc2C)c(CCCCCC)cc1-c1ccc(N(c2ccc(-c3ccc(C)cc3)cc2)c2ccc(-c3ccc(CCC)cc3)cc2)cc1C.Cc1ccc(-c2cc(-c3ccc(C)cc3)cc(-c3ccc(C)cc3)c2)cc1.Cc1ccc(-c2ccccc2)cc1. The molecule has 2 heteroatoms. The Bertz CT molecular complexity index is 6040. The maximum Gasteiger partial charge on any atom is 0.0464 e. The van der Waals surface area contributed by atoms with E-state index in [0.717, 1.165) is 85.5 Å². The van der Waals surface area contributed by atoms with Crippen LogP contribution in [-0.4, -0.2) is 0 Å². The van der Waals surface area contributed by atoms with Gasteiger partial charge < -0.3 is 9.80 Å². The zero-order valence-corrected chi connectivity index (χ0v) is 78.7. The van der Waals surface area contributed by atoms with Gasteiger partial charge in [0, 0.05) is 34.1 Å². The van der Waals surface area contributed by atoms with Gasteiger partial charge >= 0.3 is 0 Å². The van der Waals surface area contributed by atoms with E-state index in [2.05, 4.69) is 475 Å². The van der Waals surface area contributed by atoms with E-state index >= 15 is 0 Å². The van der Waals surface area contributed by atoms with E-state index in [-0.39, 0.29) is 0 Å². The molecule has 0 atom stereocenters. The van der Waals surface area contributed by atoms with Gasteiger partial charge in [-0.15, -0.1) is 0 Å². The highest BCUT2D eigenvalue weighted by Crippen LogP contribution is 2.45. The molecule has 17 aromatic rings. The summed E-state index contributed by atoms with van der Waals surface area (Å²) in [4.78, 5) is 4.88.